The lowest BCUT2D eigenvalue weighted by Gasteiger charge is -2.34. The number of nitrogens with zero attached hydrogens (tertiary/aromatic N) is 3. The van der Waals surface area contributed by atoms with E-state index in [2.05, 4.69) is 21.8 Å². The molecule has 2 unspecified atom stereocenters. The van der Waals surface area contributed by atoms with Gasteiger partial charge in [0.25, 0.3) is 0 Å². The first-order chi connectivity index (χ1) is 9.02. The van der Waals surface area contributed by atoms with E-state index >= 15 is 0 Å². The quantitative estimate of drug-likeness (QED) is 0.827. The highest BCUT2D eigenvalue weighted by Crippen LogP contribution is 2.34. The Labute approximate surface area is 114 Å². The van der Waals surface area contributed by atoms with Crippen LogP contribution >= 0.6 is 0 Å². The monoisotopic (exact) mass is 265 g/mol. The largest absolute Gasteiger partial charge is 0.384 e. The topological polar surface area (TPSA) is 90.3 Å². The fraction of sp³-hybridized carbons (Fsp3) is 0.692. The molecule has 1 aliphatic rings. The van der Waals surface area contributed by atoms with E-state index in [-0.39, 0.29) is 11.6 Å². The van der Waals surface area contributed by atoms with Crippen molar-refractivity contribution < 1.29 is 4.74 Å². The molecule has 1 aromatic rings. The van der Waals surface area contributed by atoms with E-state index in [9.17, 15) is 0 Å². The summed E-state index contributed by atoms with van der Waals surface area (Å²) in [6.45, 7) is 5.49. The normalized spacial score (nSPS) is 26.9. The second kappa shape index (κ2) is 5.30. The number of hydrogen-bond donors (Lipinski definition) is 2. The van der Waals surface area contributed by atoms with E-state index in [4.69, 9.17) is 16.2 Å². The number of nitrogen functional groups attached to an aromatic ring is 1. The van der Waals surface area contributed by atoms with Gasteiger partial charge in [-0.3, -0.25) is 0 Å². The number of methoxy groups -OCH3 is 1. The van der Waals surface area contributed by atoms with Crippen molar-refractivity contribution in [2.45, 2.75) is 38.3 Å². The summed E-state index contributed by atoms with van der Waals surface area (Å²) in [5, 5.41) is 0. The van der Waals surface area contributed by atoms with Gasteiger partial charge in [0.15, 0.2) is 0 Å². The first kappa shape index (κ1) is 14.0. The predicted molar refractivity (Wildman–Crippen MR) is 76.0 cm³/mol. The Morgan fingerprint density at radius 2 is 2.26 bits per heavy atom. The highest BCUT2D eigenvalue weighted by Gasteiger charge is 2.42. The maximum Gasteiger partial charge on any atom is 0.134 e. The minimum atomic E-state index is -0.146. The molecule has 0 bridgehead atoms. The zero-order chi connectivity index (χ0) is 14.0. The number of aryl methyl sites for hydroxylation is 1. The van der Waals surface area contributed by atoms with Gasteiger partial charge in [-0.15, -0.1) is 0 Å². The van der Waals surface area contributed by atoms with E-state index in [1.165, 1.54) is 0 Å². The van der Waals surface area contributed by atoms with Crippen molar-refractivity contribution in [1.29, 1.82) is 0 Å². The molecule has 0 spiro atoms. The van der Waals surface area contributed by atoms with Gasteiger partial charge >= 0.3 is 0 Å². The average molecular weight is 265 g/mol. The van der Waals surface area contributed by atoms with Crippen molar-refractivity contribution in [3.05, 3.63) is 11.9 Å². The first-order valence-electron chi connectivity index (χ1n) is 6.66. The summed E-state index contributed by atoms with van der Waals surface area (Å²) in [5.74, 6) is 2.11. The molecule has 4 N–H and O–H groups in total. The van der Waals surface area contributed by atoms with Crippen molar-refractivity contribution in [3.63, 3.8) is 0 Å². The third-order valence-corrected chi connectivity index (χ3v) is 3.85. The first-order valence-corrected chi connectivity index (χ1v) is 6.66. The standard InChI is InChI=1S/C13H23N5O/c1-4-11-16-10(15)5-12(17-11)18-7-9(19-3)6-13(18,2)8-14/h5,9H,4,6-8,14H2,1-3H3,(H2,15,16,17). The van der Waals surface area contributed by atoms with Gasteiger partial charge in [-0.05, 0) is 13.3 Å². The molecular formula is C13H23N5O. The van der Waals surface area contributed by atoms with Gasteiger partial charge in [0.05, 0.1) is 11.6 Å². The molecule has 0 radical (unpaired) electrons. The van der Waals surface area contributed by atoms with Crippen LogP contribution in [0.4, 0.5) is 11.6 Å². The van der Waals surface area contributed by atoms with Gasteiger partial charge < -0.3 is 21.1 Å². The molecular weight excluding hydrogens is 242 g/mol. The summed E-state index contributed by atoms with van der Waals surface area (Å²) in [6.07, 6.45) is 1.83. The van der Waals surface area contributed by atoms with Gasteiger partial charge in [0.1, 0.15) is 17.5 Å². The van der Waals surface area contributed by atoms with Gasteiger partial charge in [0, 0.05) is 32.7 Å². The van der Waals surface area contributed by atoms with Crippen LogP contribution in [0.25, 0.3) is 0 Å². The summed E-state index contributed by atoms with van der Waals surface area (Å²) in [5.41, 5.74) is 11.7. The third kappa shape index (κ3) is 2.64. The molecule has 19 heavy (non-hydrogen) atoms. The third-order valence-electron chi connectivity index (χ3n) is 3.85. The molecule has 1 aromatic heterocycles. The molecule has 0 aromatic carbocycles. The van der Waals surface area contributed by atoms with Crippen LogP contribution in [0, 0.1) is 0 Å². The van der Waals surface area contributed by atoms with Crippen molar-refractivity contribution in [3.8, 4) is 0 Å². The fourth-order valence-corrected chi connectivity index (χ4v) is 2.61. The molecule has 0 amide bonds. The molecule has 2 rings (SSSR count). The zero-order valence-electron chi connectivity index (χ0n) is 11.9. The van der Waals surface area contributed by atoms with Crippen LogP contribution in [0.15, 0.2) is 6.07 Å². The predicted octanol–water partition coefficient (Wildman–Crippen LogP) is 0.564. The summed E-state index contributed by atoms with van der Waals surface area (Å²) in [4.78, 5) is 11.0. The number of ether oxygens (including phenoxy) is 1. The number of hydrogen-bond acceptors (Lipinski definition) is 6. The Bertz CT molecular complexity index is 453. The molecule has 106 valence electrons. The molecule has 1 aliphatic heterocycles. The van der Waals surface area contributed by atoms with E-state index in [1.54, 1.807) is 7.11 Å². The molecule has 2 atom stereocenters. The maximum atomic E-state index is 5.95. The Morgan fingerprint density at radius 3 is 2.84 bits per heavy atom. The second-order valence-corrected chi connectivity index (χ2v) is 5.29. The second-order valence-electron chi connectivity index (χ2n) is 5.29. The summed E-state index contributed by atoms with van der Waals surface area (Å²) in [7, 11) is 1.73. The average Bonchev–Trinajstić information content (AvgIpc) is 2.76. The van der Waals surface area contributed by atoms with Crippen molar-refractivity contribution in [2.24, 2.45) is 5.73 Å². The lowest BCUT2D eigenvalue weighted by Crippen LogP contribution is -2.47. The Balaban J connectivity index is 2.36. The van der Waals surface area contributed by atoms with Crippen LogP contribution in [0.3, 0.4) is 0 Å². The summed E-state index contributed by atoms with van der Waals surface area (Å²) >= 11 is 0. The molecule has 0 saturated carbocycles. The highest BCUT2D eigenvalue weighted by molar-refractivity contribution is 5.50. The van der Waals surface area contributed by atoms with Gasteiger partial charge in [-0.25, -0.2) is 9.97 Å². The van der Waals surface area contributed by atoms with Gasteiger partial charge in [-0.1, -0.05) is 6.92 Å². The Morgan fingerprint density at radius 1 is 1.53 bits per heavy atom. The molecule has 1 fully saturated rings. The number of rotatable bonds is 4. The SMILES string of the molecule is CCc1nc(N)cc(N2CC(OC)CC2(C)CN)n1. The number of anilines is 2. The number of nitrogens with two attached hydrogens (primary N) is 2. The van der Waals surface area contributed by atoms with Crippen LogP contribution in [0.5, 0.6) is 0 Å². The lowest BCUT2D eigenvalue weighted by atomic mass is 9.98. The van der Waals surface area contributed by atoms with Crippen LogP contribution in [0.1, 0.15) is 26.1 Å². The summed E-state index contributed by atoms with van der Waals surface area (Å²) in [6, 6.07) is 1.81. The van der Waals surface area contributed by atoms with E-state index < -0.39 is 0 Å². The number of aromatic nitrogens is 2. The highest BCUT2D eigenvalue weighted by atomic mass is 16.5. The zero-order valence-corrected chi connectivity index (χ0v) is 11.9. The van der Waals surface area contributed by atoms with Crippen molar-refractivity contribution in [1.82, 2.24) is 9.97 Å². The minimum absolute atomic E-state index is 0.146. The van der Waals surface area contributed by atoms with Crippen molar-refractivity contribution in [2.75, 3.05) is 30.8 Å². The molecule has 2 heterocycles. The molecule has 0 aliphatic carbocycles. The molecule has 6 nitrogen and oxygen atoms in total. The van der Waals surface area contributed by atoms with E-state index in [1.807, 2.05) is 13.0 Å². The smallest absolute Gasteiger partial charge is 0.134 e. The van der Waals surface area contributed by atoms with Crippen LogP contribution in [-0.4, -0.2) is 41.8 Å². The van der Waals surface area contributed by atoms with Crippen molar-refractivity contribution >= 4 is 11.6 Å². The Kier molecular flexibility index (Phi) is 3.91. The Hall–Kier alpha value is -1.40. The van der Waals surface area contributed by atoms with Crippen LogP contribution in [0.2, 0.25) is 0 Å². The van der Waals surface area contributed by atoms with E-state index in [0.29, 0.717) is 12.4 Å². The van der Waals surface area contributed by atoms with Crippen LogP contribution < -0.4 is 16.4 Å². The van der Waals surface area contributed by atoms with E-state index in [0.717, 1.165) is 31.0 Å². The minimum Gasteiger partial charge on any atom is -0.384 e. The van der Waals surface area contributed by atoms with Gasteiger partial charge in [0.2, 0.25) is 0 Å². The van der Waals surface area contributed by atoms with Gasteiger partial charge in [-0.2, -0.15) is 0 Å². The lowest BCUT2D eigenvalue weighted by molar-refractivity contribution is 0.114. The maximum absolute atomic E-state index is 5.95. The molecule has 1 saturated heterocycles. The fourth-order valence-electron chi connectivity index (χ4n) is 2.61. The van der Waals surface area contributed by atoms with Crippen LogP contribution in [-0.2, 0) is 11.2 Å². The summed E-state index contributed by atoms with van der Waals surface area (Å²) < 4.78 is 5.48. The molecule has 6 heteroatoms.